The summed E-state index contributed by atoms with van der Waals surface area (Å²) >= 11 is 1.51. The highest BCUT2D eigenvalue weighted by atomic mass is 32.1. The van der Waals surface area contributed by atoms with Gasteiger partial charge < -0.3 is 10.6 Å². The average Bonchev–Trinajstić information content (AvgIpc) is 3.00. The number of carbonyl (C=O) groups is 3. The lowest BCUT2D eigenvalue weighted by molar-refractivity contribution is -0.122. The Labute approximate surface area is 120 Å². The molecule has 108 valence electrons. The van der Waals surface area contributed by atoms with Crippen molar-refractivity contribution in [2.24, 2.45) is 0 Å². The van der Waals surface area contributed by atoms with Gasteiger partial charge in [-0.3, -0.25) is 14.9 Å². The molecule has 0 saturated carbocycles. The van der Waals surface area contributed by atoms with Crippen LogP contribution in [0.1, 0.15) is 30.5 Å². The molecule has 2 rings (SSSR count). The minimum Gasteiger partial charge on any atom is -0.350 e. The van der Waals surface area contributed by atoms with Crippen LogP contribution in [0.5, 0.6) is 0 Å². The fourth-order valence-electron chi connectivity index (χ4n) is 1.79. The molecule has 1 aliphatic rings. The number of hydrogen-bond donors (Lipinski definition) is 3. The van der Waals surface area contributed by atoms with Crippen molar-refractivity contribution < 1.29 is 14.4 Å². The maximum Gasteiger partial charge on any atom is 0.322 e. The normalized spacial score (nSPS) is 17.8. The Morgan fingerprint density at radius 1 is 1.50 bits per heavy atom. The molecule has 1 aromatic rings. The third-order valence-electron chi connectivity index (χ3n) is 2.92. The number of nitrogens with one attached hydrogen (secondary N) is 3. The van der Waals surface area contributed by atoms with Crippen molar-refractivity contribution >= 4 is 29.2 Å². The highest BCUT2D eigenvalue weighted by Gasteiger charge is 2.29. The van der Waals surface area contributed by atoms with Gasteiger partial charge >= 0.3 is 6.03 Å². The van der Waals surface area contributed by atoms with Gasteiger partial charge in [-0.1, -0.05) is 6.92 Å². The Hall–Kier alpha value is -1.96. The fraction of sp³-hybridized carbons (Fsp3) is 0.500. The van der Waals surface area contributed by atoms with E-state index in [-0.39, 0.29) is 18.2 Å². The quantitative estimate of drug-likeness (QED) is 0.658. The number of aromatic nitrogens is 1. The molecule has 0 radical (unpaired) electrons. The summed E-state index contributed by atoms with van der Waals surface area (Å²) in [6.45, 7) is 2.42. The van der Waals surface area contributed by atoms with Crippen LogP contribution in [0.15, 0.2) is 5.38 Å². The molecule has 0 aromatic carbocycles. The molecule has 4 amide bonds. The van der Waals surface area contributed by atoms with E-state index in [1.54, 1.807) is 0 Å². The molecule has 1 aliphatic heterocycles. The van der Waals surface area contributed by atoms with Gasteiger partial charge in [-0.05, 0) is 12.8 Å². The van der Waals surface area contributed by atoms with Gasteiger partial charge in [0.2, 0.25) is 5.91 Å². The fourth-order valence-corrected chi connectivity index (χ4v) is 2.61. The van der Waals surface area contributed by atoms with Crippen LogP contribution < -0.4 is 16.0 Å². The number of urea groups is 1. The lowest BCUT2D eigenvalue weighted by Crippen LogP contribution is -2.31. The van der Waals surface area contributed by atoms with E-state index in [0.717, 1.165) is 17.1 Å². The van der Waals surface area contributed by atoms with E-state index in [9.17, 15) is 14.4 Å². The average molecular weight is 296 g/mol. The minimum atomic E-state index is -0.611. The van der Waals surface area contributed by atoms with Crippen molar-refractivity contribution in [1.29, 1.82) is 0 Å². The van der Waals surface area contributed by atoms with E-state index >= 15 is 0 Å². The van der Waals surface area contributed by atoms with Gasteiger partial charge in [0.15, 0.2) is 0 Å². The van der Waals surface area contributed by atoms with Crippen LogP contribution in [0.25, 0.3) is 0 Å². The Morgan fingerprint density at radius 2 is 2.30 bits per heavy atom. The summed E-state index contributed by atoms with van der Waals surface area (Å²) in [7, 11) is 0. The maximum atomic E-state index is 11.7. The summed E-state index contributed by atoms with van der Waals surface area (Å²) in [6, 6.07) is -1.12. The second-order valence-corrected chi connectivity index (χ2v) is 5.36. The Morgan fingerprint density at radius 3 is 2.90 bits per heavy atom. The number of thiazole rings is 1. The molecular formula is C12H16N4O3S. The van der Waals surface area contributed by atoms with Gasteiger partial charge in [0.25, 0.3) is 5.91 Å². The zero-order valence-corrected chi connectivity index (χ0v) is 11.9. The highest BCUT2D eigenvalue weighted by Crippen LogP contribution is 2.10. The van der Waals surface area contributed by atoms with E-state index in [4.69, 9.17) is 0 Å². The standard InChI is InChI=1S/C12H16N4O3S/c1-2-7-6-20-10(14-7)5-13-9(17)4-3-8-11(18)16-12(19)15-8/h6,8H,2-5H2,1H3,(H,13,17)(H2,15,16,18,19). The van der Waals surface area contributed by atoms with E-state index in [1.165, 1.54) is 11.3 Å². The van der Waals surface area contributed by atoms with Gasteiger partial charge in [-0.25, -0.2) is 9.78 Å². The van der Waals surface area contributed by atoms with E-state index in [0.29, 0.717) is 13.0 Å². The predicted molar refractivity (Wildman–Crippen MR) is 73.0 cm³/mol. The lowest BCUT2D eigenvalue weighted by atomic mass is 10.1. The summed E-state index contributed by atoms with van der Waals surface area (Å²) in [5.41, 5.74) is 1.02. The van der Waals surface area contributed by atoms with Crippen LogP contribution in [-0.4, -0.2) is 28.9 Å². The molecule has 1 fully saturated rings. The maximum absolute atomic E-state index is 11.7. The highest BCUT2D eigenvalue weighted by molar-refractivity contribution is 7.09. The van der Waals surface area contributed by atoms with Crippen LogP contribution in [-0.2, 0) is 22.6 Å². The van der Waals surface area contributed by atoms with E-state index in [2.05, 4.69) is 20.9 Å². The number of hydrogen-bond acceptors (Lipinski definition) is 5. The third-order valence-corrected chi connectivity index (χ3v) is 3.81. The predicted octanol–water partition coefficient (Wildman–Crippen LogP) is 0.310. The monoisotopic (exact) mass is 296 g/mol. The largest absolute Gasteiger partial charge is 0.350 e. The van der Waals surface area contributed by atoms with Crippen LogP contribution in [0.4, 0.5) is 4.79 Å². The van der Waals surface area contributed by atoms with Gasteiger partial charge in [-0.2, -0.15) is 0 Å². The zero-order chi connectivity index (χ0) is 14.5. The third kappa shape index (κ3) is 3.77. The Bertz CT molecular complexity index is 529. The summed E-state index contributed by atoms with van der Waals surface area (Å²) in [5, 5.41) is 10.2. The molecule has 1 atom stereocenters. The Kier molecular flexibility index (Phi) is 4.67. The number of nitrogens with zero attached hydrogens (tertiary/aromatic N) is 1. The number of carbonyl (C=O) groups excluding carboxylic acids is 3. The molecule has 0 spiro atoms. The summed E-state index contributed by atoms with van der Waals surface area (Å²) in [5.74, 6) is -0.539. The molecule has 7 nitrogen and oxygen atoms in total. The van der Waals surface area contributed by atoms with Crippen LogP contribution >= 0.6 is 11.3 Å². The van der Waals surface area contributed by atoms with Crippen molar-refractivity contribution in [3.05, 3.63) is 16.1 Å². The van der Waals surface area contributed by atoms with Crippen molar-refractivity contribution in [2.45, 2.75) is 38.8 Å². The zero-order valence-electron chi connectivity index (χ0n) is 11.1. The number of amides is 4. The molecule has 0 bridgehead atoms. The van der Waals surface area contributed by atoms with Gasteiger partial charge in [0, 0.05) is 11.8 Å². The smallest absolute Gasteiger partial charge is 0.322 e. The second kappa shape index (κ2) is 6.47. The van der Waals surface area contributed by atoms with Crippen LogP contribution in [0.3, 0.4) is 0 Å². The van der Waals surface area contributed by atoms with E-state index < -0.39 is 12.1 Å². The molecule has 2 heterocycles. The summed E-state index contributed by atoms with van der Waals surface area (Å²) in [6.07, 6.45) is 1.35. The van der Waals surface area contributed by atoms with Crippen LogP contribution in [0.2, 0.25) is 0 Å². The molecule has 20 heavy (non-hydrogen) atoms. The van der Waals surface area contributed by atoms with Crippen molar-refractivity contribution in [2.75, 3.05) is 0 Å². The van der Waals surface area contributed by atoms with Crippen molar-refractivity contribution in [3.63, 3.8) is 0 Å². The number of rotatable bonds is 6. The summed E-state index contributed by atoms with van der Waals surface area (Å²) < 4.78 is 0. The molecule has 1 saturated heterocycles. The van der Waals surface area contributed by atoms with Crippen molar-refractivity contribution in [3.8, 4) is 0 Å². The molecule has 3 N–H and O–H groups in total. The molecular weight excluding hydrogens is 280 g/mol. The first-order valence-corrected chi connectivity index (χ1v) is 7.27. The van der Waals surface area contributed by atoms with Crippen molar-refractivity contribution in [1.82, 2.24) is 20.9 Å². The Balaban J connectivity index is 1.70. The number of imide groups is 1. The molecule has 0 aliphatic carbocycles. The van der Waals surface area contributed by atoms with Gasteiger partial charge in [-0.15, -0.1) is 11.3 Å². The first kappa shape index (κ1) is 14.4. The first-order valence-electron chi connectivity index (χ1n) is 6.40. The summed E-state index contributed by atoms with van der Waals surface area (Å²) in [4.78, 5) is 38.2. The minimum absolute atomic E-state index is 0.160. The first-order chi connectivity index (χ1) is 9.58. The van der Waals surface area contributed by atoms with Gasteiger partial charge in [0.1, 0.15) is 11.0 Å². The van der Waals surface area contributed by atoms with Gasteiger partial charge in [0.05, 0.1) is 12.2 Å². The van der Waals surface area contributed by atoms with Crippen LogP contribution in [0, 0.1) is 0 Å². The molecule has 1 aromatic heterocycles. The number of aryl methyl sites for hydroxylation is 1. The van der Waals surface area contributed by atoms with E-state index in [1.807, 2.05) is 12.3 Å². The lowest BCUT2D eigenvalue weighted by Gasteiger charge is -2.07. The second-order valence-electron chi connectivity index (χ2n) is 4.42. The SMILES string of the molecule is CCc1csc(CNC(=O)CCC2NC(=O)NC2=O)n1. The molecule has 8 heteroatoms. The molecule has 1 unspecified atom stereocenters. The topological polar surface area (TPSA) is 100 Å².